The third-order valence-electron chi connectivity index (χ3n) is 5.82. The first-order chi connectivity index (χ1) is 15.4. The van der Waals surface area contributed by atoms with E-state index in [1.54, 1.807) is 18.0 Å². The molecular weight excluding hydrogens is 446 g/mol. The largest absolute Gasteiger partial charge is 0.370 e. The van der Waals surface area contributed by atoms with Crippen LogP contribution in [0.5, 0.6) is 0 Å². The molecule has 3 aromatic rings. The lowest BCUT2D eigenvalue weighted by Gasteiger charge is -2.23. The second-order valence-corrected chi connectivity index (χ2v) is 10.2. The van der Waals surface area contributed by atoms with Gasteiger partial charge in [0.05, 0.1) is 10.0 Å². The van der Waals surface area contributed by atoms with E-state index in [0.29, 0.717) is 21.8 Å². The van der Waals surface area contributed by atoms with Crippen molar-refractivity contribution in [3.05, 3.63) is 76.9 Å². The lowest BCUT2D eigenvalue weighted by molar-refractivity contribution is 0.149. The van der Waals surface area contributed by atoms with Crippen molar-refractivity contribution in [2.24, 2.45) is 0 Å². The number of benzene rings is 2. The number of nitrogens with zero attached hydrogens (tertiary/aromatic N) is 2. The highest BCUT2D eigenvalue weighted by atomic mass is 35.5. The number of pyridine rings is 1. The highest BCUT2D eigenvalue weighted by molar-refractivity contribution is 7.99. The van der Waals surface area contributed by atoms with Crippen molar-refractivity contribution in [2.45, 2.75) is 49.3 Å². The molecule has 0 amide bonds. The minimum absolute atomic E-state index is 0.236. The highest BCUT2D eigenvalue weighted by Gasteiger charge is 2.26. The summed E-state index contributed by atoms with van der Waals surface area (Å²) in [5, 5.41) is 1.93. The van der Waals surface area contributed by atoms with Gasteiger partial charge >= 0.3 is 0 Å². The fourth-order valence-electron chi connectivity index (χ4n) is 4.30. The lowest BCUT2D eigenvalue weighted by Crippen LogP contribution is -2.22. The van der Waals surface area contributed by atoms with Gasteiger partial charge in [0, 0.05) is 36.6 Å². The number of halogens is 3. The molecule has 6 heteroatoms. The molecule has 0 radical (unpaired) electrons. The minimum atomic E-state index is -2.38. The second kappa shape index (κ2) is 10.2. The van der Waals surface area contributed by atoms with E-state index in [9.17, 15) is 8.78 Å². The van der Waals surface area contributed by atoms with Crippen LogP contribution in [-0.4, -0.2) is 29.7 Å². The van der Waals surface area contributed by atoms with Gasteiger partial charge in [-0.3, -0.25) is 0 Å². The van der Waals surface area contributed by atoms with Crippen LogP contribution in [0, 0.1) is 0 Å². The van der Waals surface area contributed by atoms with E-state index >= 15 is 0 Å². The van der Waals surface area contributed by atoms with Crippen molar-refractivity contribution >= 4 is 29.1 Å². The Balaban J connectivity index is 1.58. The minimum Gasteiger partial charge on any atom is -0.370 e. The molecule has 0 aliphatic carbocycles. The number of rotatable bonds is 7. The van der Waals surface area contributed by atoms with Crippen molar-refractivity contribution in [2.75, 3.05) is 18.0 Å². The van der Waals surface area contributed by atoms with Crippen molar-refractivity contribution in [3.63, 3.8) is 0 Å². The van der Waals surface area contributed by atoms with E-state index in [4.69, 9.17) is 11.6 Å². The predicted molar refractivity (Wildman–Crippen MR) is 131 cm³/mol. The van der Waals surface area contributed by atoms with Crippen LogP contribution in [0.4, 0.5) is 14.5 Å². The predicted octanol–water partition coefficient (Wildman–Crippen LogP) is 7.70. The fraction of sp³-hybridized carbons (Fsp3) is 0.346. The van der Waals surface area contributed by atoms with Gasteiger partial charge in [-0.1, -0.05) is 55.8 Å². The van der Waals surface area contributed by atoms with Gasteiger partial charge in [0.2, 0.25) is 6.43 Å². The van der Waals surface area contributed by atoms with Crippen LogP contribution in [-0.2, 0) is 6.42 Å². The van der Waals surface area contributed by atoms with Gasteiger partial charge in [0.1, 0.15) is 0 Å². The summed E-state index contributed by atoms with van der Waals surface area (Å²) in [5.74, 6) is 0.363. The van der Waals surface area contributed by atoms with Crippen LogP contribution >= 0.6 is 23.4 Å². The Hall–Kier alpha value is -2.11. The van der Waals surface area contributed by atoms with Crippen molar-refractivity contribution in [3.8, 4) is 11.1 Å². The van der Waals surface area contributed by atoms with Gasteiger partial charge in [-0.15, -0.1) is 11.8 Å². The third kappa shape index (κ3) is 5.44. The molecule has 2 aromatic carbocycles. The third-order valence-corrected chi connectivity index (χ3v) is 7.25. The molecule has 1 saturated heterocycles. The molecule has 0 spiro atoms. The van der Waals surface area contributed by atoms with Crippen LogP contribution < -0.4 is 4.90 Å². The molecule has 4 rings (SSSR count). The van der Waals surface area contributed by atoms with Gasteiger partial charge < -0.3 is 4.90 Å². The van der Waals surface area contributed by atoms with Gasteiger partial charge in [-0.25, -0.2) is 13.8 Å². The number of alkyl halides is 2. The summed E-state index contributed by atoms with van der Waals surface area (Å²) in [6.07, 6.45) is 0.0296. The molecule has 2 nitrogen and oxygen atoms in total. The first-order valence-electron chi connectivity index (χ1n) is 10.9. The molecule has 1 aliphatic rings. The first kappa shape index (κ1) is 23.1. The summed E-state index contributed by atoms with van der Waals surface area (Å²) in [7, 11) is 0. The summed E-state index contributed by atoms with van der Waals surface area (Å²) >= 11 is 7.66. The maximum Gasteiger partial charge on any atom is 0.242 e. The van der Waals surface area contributed by atoms with E-state index in [0.717, 1.165) is 41.4 Å². The van der Waals surface area contributed by atoms with Crippen LogP contribution in [0.15, 0.2) is 65.8 Å². The molecule has 0 bridgehead atoms. The average Bonchev–Trinajstić information content (AvgIpc) is 3.23. The number of thioether (sulfide) groups is 1. The van der Waals surface area contributed by atoms with E-state index in [2.05, 4.69) is 41.9 Å². The topological polar surface area (TPSA) is 16.1 Å². The first-order valence-corrected chi connectivity index (χ1v) is 12.2. The summed E-state index contributed by atoms with van der Waals surface area (Å²) in [6.45, 7) is 5.98. The van der Waals surface area contributed by atoms with Crippen LogP contribution in [0.2, 0.25) is 5.02 Å². The zero-order chi connectivity index (χ0) is 22.7. The quantitative estimate of drug-likeness (QED) is 0.350. The standard InChI is InChI=1S/C26H27ClF2N2S/c1-17(2)22-5-3-4-6-23(22)18-7-9-24(19(13-18)14-25(28)29)31-12-11-21(16-31)32-26-10-8-20(27)15-30-26/h3-10,13,15,17,21,25H,11-12,14,16H2,1-2H3/t21-/m0/s1. The Morgan fingerprint density at radius 2 is 1.94 bits per heavy atom. The Kier molecular flexibility index (Phi) is 7.37. The van der Waals surface area contributed by atoms with Gasteiger partial charge in [-0.2, -0.15) is 0 Å². The number of hydrogen-bond donors (Lipinski definition) is 0. The number of hydrogen-bond acceptors (Lipinski definition) is 3. The van der Waals surface area contributed by atoms with Crippen molar-refractivity contribution in [1.82, 2.24) is 4.98 Å². The fourth-order valence-corrected chi connectivity index (χ4v) is 5.49. The molecule has 32 heavy (non-hydrogen) atoms. The molecule has 1 aliphatic heterocycles. The Labute approximate surface area is 198 Å². The number of aromatic nitrogens is 1. The Morgan fingerprint density at radius 3 is 2.66 bits per heavy atom. The maximum absolute atomic E-state index is 13.5. The van der Waals surface area contributed by atoms with E-state index in [-0.39, 0.29) is 6.42 Å². The SMILES string of the molecule is CC(C)c1ccccc1-c1ccc(N2CC[C@H](Sc3ccc(Cl)cn3)C2)c(CC(F)F)c1. The number of anilines is 1. The summed E-state index contributed by atoms with van der Waals surface area (Å²) in [5.41, 5.74) is 4.99. The smallest absolute Gasteiger partial charge is 0.242 e. The molecular formula is C26H27ClF2N2S. The van der Waals surface area contributed by atoms with E-state index < -0.39 is 6.43 Å². The zero-order valence-corrected chi connectivity index (χ0v) is 19.8. The summed E-state index contributed by atoms with van der Waals surface area (Å²) in [4.78, 5) is 6.62. The molecule has 0 unspecified atom stereocenters. The molecule has 1 fully saturated rings. The van der Waals surface area contributed by atoms with E-state index in [1.807, 2.05) is 36.4 Å². The van der Waals surface area contributed by atoms with Gasteiger partial charge in [-0.05, 0) is 58.9 Å². The monoisotopic (exact) mass is 472 g/mol. The van der Waals surface area contributed by atoms with Gasteiger partial charge in [0.15, 0.2) is 0 Å². The normalized spacial score (nSPS) is 16.3. The van der Waals surface area contributed by atoms with E-state index in [1.165, 1.54) is 5.56 Å². The molecule has 1 aromatic heterocycles. The zero-order valence-electron chi connectivity index (χ0n) is 18.3. The average molecular weight is 473 g/mol. The molecule has 1 atom stereocenters. The summed E-state index contributed by atoms with van der Waals surface area (Å²) < 4.78 is 27.0. The van der Waals surface area contributed by atoms with Crippen LogP contribution in [0.3, 0.4) is 0 Å². The molecule has 168 valence electrons. The van der Waals surface area contributed by atoms with Crippen LogP contribution in [0.1, 0.15) is 37.3 Å². The van der Waals surface area contributed by atoms with Gasteiger partial charge in [0.25, 0.3) is 0 Å². The molecule has 0 saturated carbocycles. The Bertz CT molecular complexity index is 1060. The van der Waals surface area contributed by atoms with Crippen molar-refractivity contribution < 1.29 is 8.78 Å². The molecule has 0 N–H and O–H groups in total. The molecule has 2 heterocycles. The van der Waals surface area contributed by atoms with Crippen molar-refractivity contribution in [1.29, 1.82) is 0 Å². The van der Waals surface area contributed by atoms with Crippen LogP contribution in [0.25, 0.3) is 11.1 Å². The second-order valence-electron chi connectivity index (χ2n) is 8.47. The maximum atomic E-state index is 13.5. The highest BCUT2D eigenvalue weighted by Crippen LogP contribution is 2.37. The summed E-state index contributed by atoms with van der Waals surface area (Å²) in [6, 6.07) is 18.1. The lowest BCUT2D eigenvalue weighted by atomic mass is 9.91. The Morgan fingerprint density at radius 1 is 1.12 bits per heavy atom.